The second kappa shape index (κ2) is 4.36. The molecule has 0 fully saturated rings. The fourth-order valence-electron chi connectivity index (χ4n) is 0.736. The molecular weight excluding hydrogens is 161 g/mol. The van der Waals surface area contributed by atoms with E-state index in [1.807, 2.05) is 7.05 Å². The topological polar surface area (TPSA) is 12.0 Å². The molecule has 0 unspecified atom stereocenters. The molecule has 0 radical (unpaired) electrons. The van der Waals surface area contributed by atoms with Crippen LogP contribution in [0.1, 0.15) is 5.56 Å². The highest BCUT2D eigenvalue weighted by Crippen LogP contribution is 2.08. The summed E-state index contributed by atoms with van der Waals surface area (Å²) < 4.78 is 15.3. The first-order valence-corrected chi connectivity index (χ1v) is 4.34. The van der Waals surface area contributed by atoms with Crippen molar-refractivity contribution in [1.29, 1.82) is 0 Å². The Morgan fingerprint density at radius 3 is 2.55 bits per heavy atom. The van der Waals surface area contributed by atoms with Crippen LogP contribution in [0.3, 0.4) is 0 Å². The van der Waals surface area contributed by atoms with E-state index in [0.29, 0.717) is 0 Å². The second-order valence-electron chi connectivity index (χ2n) is 2.12. The first kappa shape index (κ1) is 8.56. The zero-order chi connectivity index (χ0) is 8.10. The third-order valence-corrected chi connectivity index (χ3v) is 2.06. The first-order valence-electron chi connectivity index (χ1n) is 3.36. The van der Waals surface area contributed by atoms with Crippen LogP contribution in [0, 0.1) is 5.82 Å². The Morgan fingerprint density at radius 2 is 2.00 bits per heavy atom. The molecule has 0 aliphatic rings. The maximum absolute atomic E-state index is 12.4. The summed E-state index contributed by atoms with van der Waals surface area (Å²) >= 11 is 1.59. The van der Waals surface area contributed by atoms with Gasteiger partial charge in [-0.1, -0.05) is 24.1 Å². The summed E-state index contributed by atoms with van der Waals surface area (Å²) in [5.74, 6) is 0.694. The Balaban J connectivity index is 2.52. The highest BCUT2D eigenvalue weighted by molar-refractivity contribution is 7.96. The number of hydrogen-bond donors (Lipinski definition) is 1. The van der Waals surface area contributed by atoms with E-state index in [9.17, 15) is 4.39 Å². The molecule has 60 valence electrons. The molecule has 0 saturated carbocycles. The van der Waals surface area contributed by atoms with Crippen LogP contribution in [0.2, 0.25) is 0 Å². The predicted octanol–water partition coefficient (Wildman–Crippen LogP) is 2.19. The van der Waals surface area contributed by atoms with Gasteiger partial charge in [-0.2, -0.15) is 0 Å². The van der Waals surface area contributed by atoms with Crippen molar-refractivity contribution in [2.24, 2.45) is 0 Å². The van der Waals surface area contributed by atoms with E-state index >= 15 is 0 Å². The molecule has 1 rings (SSSR count). The molecule has 0 aliphatic carbocycles. The van der Waals surface area contributed by atoms with Crippen LogP contribution in [-0.4, -0.2) is 7.05 Å². The largest absolute Gasteiger partial charge is 0.267 e. The van der Waals surface area contributed by atoms with E-state index in [1.54, 1.807) is 24.1 Å². The van der Waals surface area contributed by atoms with Gasteiger partial charge in [-0.15, -0.1) is 0 Å². The van der Waals surface area contributed by atoms with Crippen LogP contribution in [0.15, 0.2) is 24.3 Å². The van der Waals surface area contributed by atoms with Crippen molar-refractivity contribution in [3.8, 4) is 0 Å². The van der Waals surface area contributed by atoms with Crippen LogP contribution in [-0.2, 0) is 5.75 Å². The highest BCUT2D eigenvalue weighted by atomic mass is 32.2. The van der Waals surface area contributed by atoms with E-state index in [4.69, 9.17) is 0 Å². The van der Waals surface area contributed by atoms with Gasteiger partial charge < -0.3 is 0 Å². The van der Waals surface area contributed by atoms with Crippen molar-refractivity contribution in [3.05, 3.63) is 35.6 Å². The fraction of sp³-hybridized carbons (Fsp3) is 0.250. The highest BCUT2D eigenvalue weighted by Gasteiger charge is 1.92. The molecule has 0 aromatic heterocycles. The third kappa shape index (κ3) is 2.91. The van der Waals surface area contributed by atoms with Gasteiger partial charge in [0.05, 0.1) is 0 Å². The molecule has 1 aromatic rings. The molecule has 11 heavy (non-hydrogen) atoms. The number of benzene rings is 1. The average molecular weight is 171 g/mol. The SMILES string of the molecule is CNSCc1ccc(F)cc1. The van der Waals surface area contributed by atoms with E-state index < -0.39 is 0 Å². The molecule has 0 atom stereocenters. The average Bonchev–Trinajstić information content (AvgIpc) is 2.04. The van der Waals surface area contributed by atoms with Crippen molar-refractivity contribution in [1.82, 2.24) is 4.72 Å². The van der Waals surface area contributed by atoms with Gasteiger partial charge in [0.15, 0.2) is 0 Å². The second-order valence-corrected chi connectivity index (χ2v) is 3.10. The molecule has 0 amide bonds. The molecule has 0 heterocycles. The van der Waals surface area contributed by atoms with Crippen molar-refractivity contribution in [3.63, 3.8) is 0 Å². The summed E-state index contributed by atoms with van der Waals surface area (Å²) in [5, 5.41) is 0. The predicted molar refractivity (Wildman–Crippen MR) is 46.8 cm³/mol. The number of halogens is 1. The van der Waals surface area contributed by atoms with E-state index in [0.717, 1.165) is 11.3 Å². The summed E-state index contributed by atoms with van der Waals surface area (Å²) in [6.07, 6.45) is 0. The van der Waals surface area contributed by atoms with Crippen LogP contribution in [0.25, 0.3) is 0 Å². The van der Waals surface area contributed by atoms with Gasteiger partial charge in [-0.3, -0.25) is 4.72 Å². The Labute approximate surface area is 70.1 Å². The van der Waals surface area contributed by atoms with Crippen LogP contribution >= 0.6 is 11.9 Å². The minimum Gasteiger partial charge on any atom is -0.267 e. The minimum atomic E-state index is -0.178. The molecule has 1 aromatic carbocycles. The lowest BCUT2D eigenvalue weighted by Crippen LogP contribution is -1.92. The Kier molecular flexibility index (Phi) is 3.39. The molecule has 0 spiro atoms. The maximum Gasteiger partial charge on any atom is 0.123 e. The fourth-order valence-corrected chi connectivity index (χ4v) is 1.24. The van der Waals surface area contributed by atoms with Crippen molar-refractivity contribution >= 4 is 11.9 Å². The molecule has 3 heteroatoms. The molecule has 1 N–H and O–H groups in total. The number of rotatable bonds is 3. The van der Waals surface area contributed by atoms with E-state index in [-0.39, 0.29) is 5.82 Å². The molecule has 1 nitrogen and oxygen atoms in total. The summed E-state index contributed by atoms with van der Waals surface area (Å²) in [7, 11) is 1.87. The summed E-state index contributed by atoms with van der Waals surface area (Å²) in [5.41, 5.74) is 1.13. The molecule has 0 bridgehead atoms. The van der Waals surface area contributed by atoms with Gasteiger partial charge in [0.25, 0.3) is 0 Å². The van der Waals surface area contributed by atoms with Crippen LogP contribution in [0.4, 0.5) is 4.39 Å². The third-order valence-electron chi connectivity index (χ3n) is 1.30. The number of nitrogens with one attached hydrogen (secondary N) is 1. The Bertz CT molecular complexity index is 210. The van der Waals surface area contributed by atoms with Gasteiger partial charge in [-0.25, -0.2) is 4.39 Å². The molecular formula is C8H10FNS. The van der Waals surface area contributed by atoms with Crippen molar-refractivity contribution in [2.75, 3.05) is 7.05 Å². The normalized spacial score (nSPS) is 10.0. The van der Waals surface area contributed by atoms with Crippen LogP contribution < -0.4 is 4.72 Å². The standard InChI is InChI=1S/C8H10FNS/c1-10-11-6-7-2-4-8(9)5-3-7/h2-5,10H,6H2,1H3. The van der Waals surface area contributed by atoms with Crippen LogP contribution in [0.5, 0.6) is 0 Å². The lowest BCUT2D eigenvalue weighted by Gasteiger charge is -1.98. The lowest BCUT2D eigenvalue weighted by molar-refractivity contribution is 0.627. The Hall–Kier alpha value is -0.540. The quantitative estimate of drug-likeness (QED) is 0.700. The molecule has 0 aliphatic heterocycles. The zero-order valence-electron chi connectivity index (χ0n) is 6.30. The lowest BCUT2D eigenvalue weighted by atomic mass is 10.2. The van der Waals surface area contributed by atoms with Gasteiger partial charge in [0.1, 0.15) is 5.82 Å². The van der Waals surface area contributed by atoms with Crippen molar-refractivity contribution in [2.45, 2.75) is 5.75 Å². The summed E-state index contributed by atoms with van der Waals surface area (Å²) in [6, 6.07) is 6.54. The molecule has 0 saturated heterocycles. The zero-order valence-corrected chi connectivity index (χ0v) is 7.12. The smallest absolute Gasteiger partial charge is 0.123 e. The minimum absolute atomic E-state index is 0.178. The van der Waals surface area contributed by atoms with E-state index in [1.165, 1.54) is 12.1 Å². The van der Waals surface area contributed by atoms with Gasteiger partial charge >= 0.3 is 0 Å². The maximum atomic E-state index is 12.4. The number of hydrogen-bond acceptors (Lipinski definition) is 2. The first-order chi connectivity index (χ1) is 5.33. The summed E-state index contributed by atoms with van der Waals surface area (Å²) in [6.45, 7) is 0. The summed E-state index contributed by atoms with van der Waals surface area (Å²) in [4.78, 5) is 0. The monoisotopic (exact) mass is 171 g/mol. The van der Waals surface area contributed by atoms with Gasteiger partial charge in [0, 0.05) is 5.75 Å². The van der Waals surface area contributed by atoms with Gasteiger partial charge in [0.2, 0.25) is 0 Å². The Morgan fingerprint density at radius 1 is 1.36 bits per heavy atom. The van der Waals surface area contributed by atoms with E-state index in [2.05, 4.69) is 4.72 Å². The van der Waals surface area contributed by atoms with Crippen molar-refractivity contribution < 1.29 is 4.39 Å². The van der Waals surface area contributed by atoms with Gasteiger partial charge in [-0.05, 0) is 24.7 Å².